The van der Waals surface area contributed by atoms with Gasteiger partial charge in [-0.25, -0.2) is 4.98 Å². The smallest absolute Gasteiger partial charge is 0.320 e. The van der Waals surface area contributed by atoms with Gasteiger partial charge in [-0.3, -0.25) is 9.69 Å². The molecule has 1 heterocycles. The molecule has 0 atom stereocenters. The first kappa shape index (κ1) is 14.7. The highest BCUT2D eigenvalue weighted by Crippen LogP contribution is 2.05. The maximum absolute atomic E-state index is 11.5. The van der Waals surface area contributed by atoms with Crippen LogP contribution >= 0.6 is 0 Å². The summed E-state index contributed by atoms with van der Waals surface area (Å²) in [7, 11) is 0. The van der Waals surface area contributed by atoms with Crippen LogP contribution in [0, 0.1) is 0 Å². The number of esters is 1. The zero-order valence-electron chi connectivity index (χ0n) is 11.6. The normalized spacial score (nSPS) is 10.9. The number of carbonyl (C=O) groups is 1. The summed E-state index contributed by atoms with van der Waals surface area (Å²) < 4.78 is 7.08. The summed E-state index contributed by atoms with van der Waals surface area (Å²) in [6.07, 6.45) is 4.70. The summed E-state index contributed by atoms with van der Waals surface area (Å²) in [5.41, 5.74) is 1.13. The molecule has 0 bridgehead atoms. The Balaban J connectivity index is 2.59. The number of aromatic nitrogens is 2. The standard InChI is InChI=1S/C13H23N3O2/c1-4-7-15(10-13(17)18-6-3)9-12-8-14-11-16(12)5-2/h8,11H,4-7,9-10H2,1-3H3. The van der Waals surface area contributed by atoms with Crippen molar-refractivity contribution in [3.05, 3.63) is 18.2 Å². The van der Waals surface area contributed by atoms with Gasteiger partial charge in [0.15, 0.2) is 0 Å². The molecule has 18 heavy (non-hydrogen) atoms. The van der Waals surface area contributed by atoms with E-state index in [0.29, 0.717) is 13.2 Å². The van der Waals surface area contributed by atoms with Gasteiger partial charge in [0.25, 0.3) is 0 Å². The molecule has 0 saturated carbocycles. The minimum absolute atomic E-state index is 0.159. The molecule has 1 aromatic rings. The van der Waals surface area contributed by atoms with Crippen molar-refractivity contribution in [2.75, 3.05) is 19.7 Å². The van der Waals surface area contributed by atoms with Crippen LogP contribution in [0.3, 0.4) is 0 Å². The summed E-state index contributed by atoms with van der Waals surface area (Å²) in [6, 6.07) is 0. The minimum atomic E-state index is -0.159. The molecular weight excluding hydrogens is 230 g/mol. The third-order valence-corrected chi connectivity index (χ3v) is 2.72. The van der Waals surface area contributed by atoms with Gasteiger partial charge in [0, 0.05) is 19.3 Å². The van der Waals surface area contributed by atoms with Crippen LogP contribution in [-0.2, 0) is 22.6 Å². The van der Waals surface area contributed by atoms with Crippen LogP contribution in [0.5, 0.6) is 0 Å². The highest BCUT2D eigenvalue weighted by molar-refractivity contribution is 5.71. The molecule has 1 rings (SSSR count). The lowest BCUT2D eigenvalue weighted by Gasteiger charge is -2.20. The summed E-state index contributed by atoms with van der Waals surface area (Å²) in [5, 5.41) is 0. The second kappa shape index (κ2) is 7.87. The molecule has 0 aliphatic heterocycles. The fourth-order valence-electron chi connectivity index (χ4n) is 1.91. The van der Waals surface area contributed by atoms with Crippen molar-refractivity contribution in [3.63, 3.8) is 0 Å². The van der Waals surface area contributed by atoms with E-state index in [1.807, 2.05) is 19.4 Å². The highest BCUT2D eigenvalue weighted by atomic mass is 16.5. The zero-order chi connectivity index (χ0) is 13.4. The van der Waals surface area contributed by atoms with E-state index < -0.39 is 0 Å². The van der Waals surface area contributed by atoms with E-state index >= 15 is 0 Å². The molecule has 0 aliphatic rings. The second-order valence-corrected chi connectivity index (χ2v) is 4.19. The largest absolute Gasteiger partial charge is 0.465 e. The van der Waals surface area contributed by atoms with E-state index in [1.165, 1.54) is 0 Å². The predicted octanol–water partition coefficient (Wildman–Crippen LogP) is 1.68. The molecule has 0 aliphatic carbocycles. The Morgan fingerprint density at radius 2 is 2.22 bits per heavy atom. The summed E-state index contributed by atoms with van der Waals surface area (Å²) in [4.78, 5) is 17.8. The van der Waals surface area contributed by atoms with E-state index in [2.05, 4.69) is 28.3 Å². The SMILES string of the molecule is CCCN(CC(=O)OCC)Cc1cncn1CC. The van der Waals surface area contributed by atoms with Crippen molar-refractivity contribution >= 4 is 5.97 Å². The van der Waals surface area contributed by atoms with E-state index in [4.69, 9.17) is 4.74 Å². The lowest BCUT2D eigenvalue weighted by molar-refractivity contribution is -0.144. The van der Waals surface area contributed by atoms with Gasteiger partial charge < -0.3 is 9.30 Å². The van der Waals surface area contributed by atoms with Gasteiger partial charge in [0.05, 0.1) is 25.2 Å². The quantitative estimate of drug-likeness (QED) is 0.661. The first-order chi connectivity index (χ1) is 8.71. The molecule has 0 N–H and O–H groups in total. The van der Waals surface area contributed by atoms with Crippen molar-refractivity contribution in [2.45, 2.75) is 40.3 Å². The maximum Gasteiger partial charge on any atom is 0.320 e. The summed E-state index contributed by atoms with van der Waals surface area (Å²) in [5.74, 6) is -0.159. The summed E-state index contributed by atoms with van der Waals surface area (Å²) in [6.45, 7) is 9.31. The fourth-order valence-corrected chi connectivity index (χ4v) is 1.91. The number of hydrogen-bond donors (Lipinski definition) is 0. The lowest BCUT2D eigenvalue weighted by Crippen LogP contribution is -2.32. The van der Waals surface area contributed by atoms with E-state index in [-0.39, 0.29) is 5.97 Å². The Morgan fingerprint density at radius 1 is 1.44 bits per heavy atom. The molecule has 0 spiro atoms. The molecule has 0 amide bonds. The van der Waals surface area contributed by atoms with Crippen LogP contribution in [0.1, 0.15) is 32.9 Å². The average Bonchev–Trinajstić information content (AvgIpc) is 2.76. The van der Waals surface area contributed by atoms with Crippen LogP contribution in [0.2, 0.25) is 0 Å². The predicted molar refractivity (Wildman–Crippen MR) is 70.1 cm³/mol. The average molecular weight is 253 g/mol. The zero-order valence-corrected chi connectivity index (χ0v) is 11.6. The number of nitrogens with zero attached hydrogens (tertiary/aromatic N) is 3. The Bertz CT molecular complexity index is 363. The van der Waals surface area contributed by atoms with E-state index in [0.717, 1.165) is 31.7 Å². The second-order valence-electron chi connectivity index (χ2n) is 4.19. The van der Waals surface area contributed by atoms with Crippen molar-refractivity contribution in [3.8, 4) is 0 Å². The van der Waals surface area contributed by atoms with Gasteiger partial charge in [-0.1, -0.05) is 6.92 Å². The summed E-state index contributed by atoms with van der Waals surface area (Å²) >= 11 is 0. The Labute approximate surface area is 109 Å². The first-order valence-corrected chi connectivity index (χ1v) is 6.58. The van der Waals surface area contributed by atoms with Gasteiger partial charge in [-0.2, -0.15) is 0 Å². The molecule has 5 heteroatoms. The van der Waals surface area contributed by atoms with Crippen LogP contribution in [0.15, 0.2) is 12.5 Å². The number of hydrogen-bond acceptors (Lipinski definition) is 4. The van der Waals surface area contributed by atoms with E-state index in [1.54, 1.807) is 0 Å². The van der Waals surface area contributed by atoms with E-state index in [9.17, 15) is 4.79 Å². The van der Waals surface area contributed by atoms with Crippen molar-refractivity contribution in [2.24, 2.45) is 0 Å². The molecule has 102 valence electrons. The minimum Gasteiger partial charge on any atom is -0.465 e. The molecule has 0 aromatic carbocycles. The third kappa shape index (κ3) is 4.49. The van der Waals surface area contributed by atoms with Gasteiger partial charge in [-0.15, -0.1) is 0 Å². The van der Waals surface area contributed by atoms with Crippen LogP contribution < -0.4 is 0 Å². The number of aryl methyl sites for hydroxylation is 1. The monoisotopic (exact) mass is 253 g/mol. The number of rotatable bonds is 8. The first-order valence-electron chi connectivity index (χ1n) is 6.58. The Hall–Kier alpha value is -1.36. The van der Waals surface area contributed by atoms with Crippen LogP contribution in [0.25, 0.3) is 0 Å². The van der Waals surface area contributed by atoms with Gasteiger partial charge in [0.2, 0.25) is 0 Å². The molecular formula is C13H23N3O2. The number of ether oxygens (including phenoxy) is 1. The number of carbonyl (C=O) groups excluding carboxylic acids is 1. The lowest BCUT2D eigenvalue weighted by atomic mass is 10.3. The molecule has 5 nitrogen and oxygen atoms in total. The molecule has 0 fully saturated rings. The van der Waals surface area contributed by atoms with Crippen molar-refractivity contribution in [1.82, 2.24) is 14.5 Å². The number of imidazole rings is 1. The molecule has 0 radical (unpaired) electrons. The van der Waals surface area contributed by atoms with Gasteiger partial charge in [0.1, 0.15) is 0 Å². The fraction of sp³-hybridized carbons (Fsp3) is 0.692. The third-order valence-electron chi connectivity index (χ3n) is 2.72. The maximum atomic E-state index is 11.5. The topological polar surface area (TPSA) is 47.4 Å². The molecule has 0 unspecified atom stereocenters. The Morgan fingerprint density at radius 3 is 2.83 bits per heavy atom. The van der Waals surface area contributed by atoms with Crippen molar-refractivity contribution < 1.29 is 9.53 Å². The molecule has 1 aromatic heterocycles. The van der Waals surface area contributed by atoms with Crippen LogP contribution in [0.4, 0.5) is 0 Å². The van der Waals surface area contributed by atoms with Gasteiger partial charge >= 0.3 is 5.97 Å². The van der Waals surface area contributed by atoms with Crippen LogP contribution in [-0.4, -0.2) is 40.1 Å². The highest BCUT2D eigenvalue weighted by Gasteiger charge is 2.13. The Kier molecular flexibility index (Phi) is 6.43. The van der Waals surface area contributed by atoms with Crippen molar-refractivity contribution in [1.29, 1.82) is 0 Å². The molecule has 0 saturated heterocycles. The van der Waals surface area contributed by atoms with Gasteiger partial charge in [-0.05, 0) is 26.8 Å².